The molecule has 0 unspecified atom stereocenters. The molecule has 0 bridgehead atoms. The number of pyridine rings is 1. The van der Waals surface area contributed by atoms with Gasteiger partial charge in [0, 0.05) is 13.6 Å². The lowest BCUT2D eigenvalue weighted by Gasteiger charge is -2.22. The standard InChI is InChI=1S/C14H12ClF3N2/c1-20(9-10-5-3-2-4-6-10)13-11(14(16,17)18)7-8-12(15)19-13/h2-8H,9H2,1H3. The van der Waals surface area contributed by atoms with Crippen molar-refractivity contribution in [3.05, 3.63) is 58.7 Å². The predicted molar refractivity (Wildman–Crippen MR) is 72.8 cm³/mol. The van der Waals surface area contributed by atoms with E-state index in [1.165, 1.54) is 4.90 Å². The van der Waals surface area contributed by atoms with E-state index in [0.717, 1.165) is 17.7 Å². The van der Waals surface area contributed by atoms with Gasteiger partial charge in [-0.05, 0) is 17.7 Å². The zero-order valence-corrected chi connectivity index (χ0v) is 11.4. The van der Waals surface area contributed by atoms with Crippen LogP contribution in [-0.4, -0.2) is 12.0 Å². The van der Waals surface area contributed by atoms with Crippen molar-refractivity contribution in [2.75, 3.05) is 11.9 Å². The van der Waals surface area contributed by atoms with Gasteiger partial charge >= 0.3 is 6.18 Å². The highest BCUT2D eigenvalue weighted by atomic mass is 35.5. The molecular weight excluding hydrogens is 289 g/mol. The average molecular weight is 301 g/mol. The van der Waals surface area contributed by atoms with Gasteiger partial charge < -0.3 is 4.90 Å². The topological polar surface area (TPSA) is 16.1 Å². The summed E-state index contributed by atoms with van der Waals surface area (Å²) >= 11 is 5.71. The molecule has 106 valence electrons. The molecule has 2 aromatic rings. The smallest absolute Gasteiger partial charge is 0.355 e. The Morgan fingerprint density at radius 2 is 1.75 bits per heavy atom. The maximum Gasteiger partial charge on any atom is 0.419 e. The van der Waals surface area contributed by atoms with Crippen molar-refractivity contribution in [2.24, 2.45) is 0 Å². The highest BCUT2D eigenvalue weighted by Gasteiger charge is 2.35. The summed E-state index contributed by atoms with van der Waals surface area (Å²) in [6, 6.07) is 11.3. The summed E-state index contributed by atoms with van der Waals surface area (Å²) in [5.74, 6) is -0.172. The number of aromatic nitrogens is 1. The number of halogens is 4. The normalized spacial score (nSPS) is 11.4. The van der Waals surface area contributed by atoms with Crippen LogP contribution in [0.5, 0.6) is 0 Å². The Bertz CT molecular complexity index is 585. The summed E-state index contributed by atoms with van der Waals surface area (Å²) in [6.45, 7) is 0.317. The van der Waals surface area contributed by atoms with Gasteiger partial charge in [0.1, 0.15) is 11.0 Å². The van der Waals surface area contributed by atoms with Gasteiger partial charge in [-0.15, -0.1) is 0 Å². The summed E-state index contributed by atoms with van der Waals surface area (Å²) in [6.07, 6.45) is -4.46. The van der Waals surface area contributed by atoms with Gasteiger partial charge in [0.25, 0.3) is 0 Å². The zero-order chi connectivity index (χ0) is 14.8. The van der Waals surface area contributed by atoms with Crippen molar-refractivity contribution in [1.29, 1.82) is 0 Å². The monoisotopic (exact) mass is 300 g/mol. The fraction of sp³-hybridized carbons (Fsp3) is 0.214. The van der Waals surface area contributed by atoms with Crippen LogP contribution in [0.3, 0.4) is 0 Å². The molecule has 0 atom stereocenters. The molecule has 0 aliphatic rings. The molecule has 0 fully saturated rings. The molecule has 1 aromatic carbocycles. The maximum atomic E-state index is 13.0. The molecule has 2 rings (SSSR count). The fourth-order valence-corrected chi connectivity index (χ4v) is 2.01. The van der Waals surface area contributed by atoms with E-state index in [0.29, 0.717) is 6.54 Å². The van der Waals surface area contributed by atoms with Crippen LogP contribution >= 0.6 is 11.6 Å². The minimum Gasteiger partial charge on any atom is -0.355 e. The summed E-state index contributed by atoms with van der Waals surface area (Å²) in [5.41, 5.74) is 0.102. The van der Waals surface area contributed by atoms with Crippen LogP contribution in [0.1, 0.15) is 11.1 Å². The molecule has 0 N–H and O–H groups in total. The molecule has 1 aromatic heterocycles. The highest BCUT2D eigenvalue weighted by Crippen LogP contribution is 2.36. The van der Waals surface area contributed by atoms with E-state index in [9.17, 15) is 13.2 Å². The van der Waals surface area contributed by atoms with Crippen LogP contribution in [0.15, 0.2) is 42.5 Å². The third-order valence-corrected chi connectivity index (χ3v) is 2.98. The minimum atomic E-state index is -4.46. The van der Waals surface area contributed by atoms with Gasteiger partial charge in [-0.3, -0.25) is 0 Å². The SMILES string of the molecule is CN(Cc1ccccc1)c1nc(Cl)ccc1C(F)(F)F. The van der Waals surface area contributed by atoms with E-state index in [1.807, 2.05) is 30.3 Å². The molecule has 0 saturated carbocycles. The molecule has 1 heterocycles. The first-order chi connectivity index (χ1) is 9.38. The third-order valence-electron chi connectivity index (χ3n) is 2.77. The van der Waals surface area contributed by atoms with Crippen LogP contribution < -0.4 is 4.90 Å². The van der Waals surface area contributed by atoms with Crippen LogP contribution in [0.4, 0.5) is 19.0 Å². The number of nitrogens with zero attached hydrogens (tertiary/aromatic N) is 2. The lowest BCUT2D eigenvalue weighted by Crippen LogP contribution is -2.22. The van der Waals surface area contributed by atoms with Crippen molar-refractivity contribution < 1.29 is 13.2 Å². The predicted octanol–water partition coefficient (Wildman–Crippen LogP) is 4.39. The Kier molecular flexibility index (Phi) is 4.18. The molecule has 20 heavy (non-hydrogen) atoms. The van der Waals surface area contributed by atoms with Gasteiger partial charge in [0.2, 0.25) is 0 Å². The Morgan fingerprint density at radius 3 is 2.35 bits per heavy atom. The number of anilines is 1. The lowest BCUT2D eigenvalue weighted by molar-refractivity contribution is -0.137. The zero-order valence-electron chi connectivity index (χ0n) is 10.7. The average Bonchev–Trinajstić information content (AvgIpc) is 2.38. The molecule has 6 heteroatoms. The van der Waals surface area contributed by atoms with E-state index in [-0.39, 0.29) is 11.0 Å². The van der Waals surface area contributed by atoms with E-state index in [4.69, 9.17) is 11.6 Å². The molecule has 2 nitrogen and oxygen atoms in total. The first-order valence-corrected chi connectivity index (χ1v) is 6.24. The Morgan fingerprint density at radius 1 is 1.10 bits per heavy atom. The second-order valence-corrected chi connectivity index (χ2v) is 4.73. The van der Waals surface area contributed by atoms with Gasteiger partial charge in [0.05, 0.1) is 5.56 Å². The van der Waals surface area contributed by atoms with Crippen molar-refractivity contribution in [1.82, 2.24) is 4.98 Å². The Labute approximate surface area is 119 Å². The molecule has 0 spiro atoms. The largest absolute Gasteiger partial charge is 0.419 e. The van der Waals surface area contributed by atoms with Crippen molar-refractivity contribution in [2.45, 2.75) is 12.7 Å². The number of benzene rings is 1. The number of hydrogen-bond acceptors (Lipinski definition) is 2. The van der Waals surface area contributed by atoms with Crippen molar-refractivity contribution in [3.8, 4) is 0 Å². The van der Waals surface area contributed by atoms with E-state index >= 15 is 0 Å². The Hall–Kier alpha value is -1.75. The molecule has 0 aliphatic carbocycles. The summed E-state index contributed by atoms with van der Waals surface area (Å²) in [7, 11) is 1.56. The fourth-order valence-electron chi connectivity index (χ4n) is 1.87. The summed E-state index contributed by atoms with van der Waals surface area (Å²) in [4.78, 5) is 5.24. The first-order valence-electron chi connectivity index (χ1n) is 5.87. The van der Waals surface area contributed by atoms with Crippen LogP contribution in [0, 0.1) is 0 Å². The van der Waals surface area contributed by atoms with Crippen molar-refractivity contribution >= 4 is 17.4 Å². The van der Waals surface area contributed by atoms with E-state index < -0.39 is 11.7 Å². The second-order valence-electron chi connectivity index (χ2n) is 4.34. The van der Waals surface area contributed by atoms with Gasteiger partial charge in [-0.25, -0.2) is 4.98 Å². The quantitative estimate of drug-likeness (QED) is 0.782. The number of hydrogen-bond donors (Lipinski definition) is 0. The second kappa shape index (κ2) is 5.71. The van der Waals surface area contributed by atoms with Crippen LogP contribution in [-0.2, 0) is 12.7 Å². The Balaban J connectivity index is 2.34. The maximum absolute atomic E-state index is 13.0. The van der Waals surface area contributed by atoms with Crippen molar-refractivity contribution in [3.63, 3.8) is 0 Å². The molecule has 0 saturated heterocycles. The van der Waals surface area contributed by atoms with Crippen LogP contribution in [0.25, 0.3) is 0 Å². The molecule has 0 radical (unpaired) electrons. The van der Waals surface area contributed by atoms with Crippen LogP contribution in [0.2, 0.25) is 5.15 Å². The van der Waals surface area contributed by atoms with E-state index in [1.54, 1.807) is 7.05 Å². The van der Waals surface area contributed by atoms with Gasteiger partial charge in [-0.2, -0.15) is 13.2 Å². The molecule has 0 amide bonds. The first kappa shape index (κ1) is 14.7. The lowest BCUT2D eigenvalue weighted by atomic mass is 10.2. The minimum absolute atomic E-state index is 0.0351. The number of alkyl halides is 3. The van der Waals surface area contributed by atoms with Gasteiger partial charge in [-0.1, -0.05) is 41.9 Å². The number of rotatable bonds is 3. The summed E-state index contributed by atoms with van der Waals surface area (Å²) in [5, 5.41) is 0.0351. The van der Waals surface area contributed by atoms with E-state index in [2.05, 4.69) is 4.98 Å². The highest BCUT2D eigenvalue weighted by molar-refractivity contribution is 6.29. The molecule has 0 aliphatic heterocycles. The van der Waals surface area contributed by atoms with Gasteiger partial charge in [0.15, 0.2) is 0 Å². The summed E-state index contributed by atoms with van der Waals surface area (Å²) < 4.78 is 38.9. The molecular formula is C14H12ClF3N2. The third kappa shape index (κ3) is 3.42.